The third kappa shape index (κ3) is 3.89. The molecule has 0 saturated heterocycles. The van der Waals surface area contributed by atoms with Crippen LogP contribution in [-0.2, 0) is 17.8 Å². The molecule has 0 aliphatic heterocycles. The minimum Gasteiger partial charge on any atom is -0.488 e. The van der Waals surface area contributed by atoms with Crippen molar-refractivity contribution in [2.24, 2.45) is 0 Å². The van der Waals surface area contributed by atoms with E-state index in [9.17, 15) is 4.79 Å². The molecule has 0 amide bonds. The van der Waals surface area contributed by atoms with Crippen molar-refractivity contribution in [2.45, 2.75) is 33.8 Å². The van der Waals surface area contributed by atoms with E-state index in [1.807, 2.05) is 31.2 Å². The number of benzene rings is 2. The smallest absolute Gasteiger partial charge is 0.307 e. The molecule has 0 radical (unpaired) electrons. The number of carboxylic acids is 1. The Hall–Kier alpha value is -1.81. The van der Waals surface area contributed by atoms with Crippen LogP contribution in [0.15, 0.2) is 34.8 Å². The van der Waals surface area contributed by atoms with Crippen LogP contribution in [0.25, 0.3) is 0 Å². The minimum atomic E-state index is -0.819. The molecular formula is C18H19BrO3. The molecular weight excluding hydrogens is 344 g/mol. The van der Waals surface area contributed by atoms with Crippen LogP contribution < -0.4 is 4.74 Å². The molecule has 0 saturated carbocycles. The van der Waals surface area contributed by atoms with E-state index in [1.165, 1.54) is 5.56 Å². The van der Waals surface area contributed by atoms with Crippen LogP contribution in [0, 0.1) is 20.8 Å². The van der Waals surface area contributed by atoms with Gasteiger partial charge in [-0.3, -0.25) is 4.79 Å². The summed E-state index contributed by atoms with van der Waals surface area (Å²) >= 11 is 3.55. The lowest BCUT2D eigenvalue weighted by Gasteiger charge is -2.15. The second-order valence-electron chi connectivity index (χ2n) is 5.43. The van der Waals surface area contributed by atoms with Gasteiger partial charge in [-0.15, -0.1) is 0 Å². The summed E-state index contributed by atoms with van der Waals surface area (Å²) in [5, 5.41) is 8.77. The first-order valence-electron chi connectivity index (χ1n) is 7.07. The molecule has 0 atom stereocenters. The van der Waals surface area contributed by atoms with E-state index >= 15 is 0 Å². The Morgan fingerprint density at radius 1 is 1.09 bits per heavy atom. The first-order valence-corrected chi connectivity index (χ1v) is 7.86. The third-order valence-electron chi connectivity index (χ3n) is 3.72. The van der Waals surface area contributed by atoms with E-state index in [0.717, 1.165) is 32.5 Å². The molecule has 0 fully saturated rings. The normalized spacial score (nSPS) is 10.5. The highest BCUT2D eigenvalue weighted by Gasteiger charge is 2.10. The quantitative estimate of drug-likeness (QED) is 0.846. The molecule has 4 heteroatoms. The summed E-state index contributed by atoms with van der Waals surface area (Å²) < 4.78 is 7.06. The highest BCUT2D eigenvalue weighted by atomic mass is 79.9. The van der Waals surface area contributed by atoms with Gasteiger partial charge in [0.2, 0.25) is 0 Å². The molecule has 0 unspecified atom stereocenters. The zero-order valence-electron chi connectivity index (χ0n) is 12.9. The van der Waals surface area contributed by atoms with Gasteiger partial charge < -0.3 is 9.84 Å². The lowest BCUT2D eigenvalue weighted by Crippen LogP contribution is -2.02. The Morgan fingerprint density at radius 2 is 1.68 bits per heavy atom. The molecule has 0 aromatic heterocycles. The molecule has 3 nitrogen and oxygen atoms in total. The maximum absolute atomic E-state index is 10.7. The van der Waals surface area contributed by atoms with Crippen LogP contribution in [-0.4, -0.2) is 11.1 Å². The van der Waals surface area contributed by atoms with E-state index in [1.54, 1.807) is 0 Å². The number of aryl methyl sites for hydroxylation is 1. The van der Waals surface area contributed by atoms with Crippen molar-refractivity contribution in [1.29, 1.82) is 0 Å². The molecule has 2 rings (SSSR count). The summed E-state index contributed by atoms with van der Waals surface area (Å²) in [5.74, 6) is 0.0934. The van der Waals surface area contributed by atoms with E-state index < -0.39 is 5.97 Å². The SMILES string of the molecule is Cc1cc(Br)c(C)c(C)c1OCc1ccc(CC(=O)O)cc1. The van der Waals surface area contributed by atoms with Gasteiger partial charge in [-0.05, 0) is 54.7 Å². The van der Waals surface area contributed by atoms with Gasteiger partial charge in [-0.25, -0.2) is 0 Å². The summed E-state index contributed by atoms with van der Waals surface area (Å²) in [4.78, 5) is 10.7. The zero-order valence-corrected chi connectivity index (χ0v) is 14.5. The van der Waals surface area contributed by atoms with Gasteiger partial charge in [0.05, 0.1) is 6.42 Å². The lowest BCUT2D eigenvalue weighted by molar-refractivity contribution is -0.136. The Bertz CT molecular complexity index is 690. The van der Waals surface area contributed by atoms with Gasteiger partial charge in [0.15, 0.2) is 0 Å². The van der Waals surface area contributed by atoms with E-state index in [2.05, 4.69) is 35.8 Å². The fourth-order valence-electron chi connectivity index (χ4n) is 2.31. The second-order valence-corrected chi connectivity index (χ2v) is 6.28. The number of halogens is 1. The topological polar surface area (TPSA) is 46.5 Å². The van der Waals surface area contributed by atoms with Gasteiger partial charge in [0.25, 0.3) is 0 Å². The van der Waals surface area contributed by atoms with Crippen LogP contribution in [0.5, 0.6) is 5.75 Å². The Morgan fingerprint density at radius 3 is 2.27 bits per heavy atom. The van der Waals surface area contributed by atoms with Crippen molar-refractivity contribution < 1.29 is 14.6 Å². The predicted octanol–water partition coefficient (Wildman–Crippen LogP) is 4.58. The molecule has 0 heterocycles. The highest BCUT2D eigenvalue weighted by molar-refractivity contribution is 9.10. The highest BCUT2D eigenvalue weighted by Crippen LogP contribution is 2.32. The molecule has 0 spiro atoms. The molecule has 2 aromatic carbocycles. The van der Waals surface area contributed by atoms with Gasteiger partial charge >= 0.3 is 5.97 Å². The summed E-state index contributed by atoms with van der Waals surface area (Å²) in [5.41, 5.74) is 5.22. The Kier molecular flexibility index (Phi) is 5.24. The van der Waals surface area contributed by atoms with Crippen LogP contribution in [0.1, 0.15) is 27.8 Å². The maximum Gasteiger partial charge on any atom is 0.307 e. The summed E-state index contributed by atoms with van der Waals surface area (Å²) in [6.45, 7) is 6.61. The zero-order chi connectivity index (χ0) is 16.3. The van der Waals surface area contributed by atoms with Crippen LogP contribution in [0.3, 0.4) is 0 Å². The van der Waals surface area contributed by atoms with Gasteiger partial charge in [-0.1, -0.05) is 40.2 Å². The van der Waals surface area contributed by atoms with Gasteiger partial charge in [0.1, 0.15) is 12.4 Å². The van der Waals surface area contributed by atoms with Crippen molar-refractivity contribution >= 4 is 21.9 Å². The predicted molar refractivity (Wildman–Crippen MR) is 90.5 cm³/mol. The van der Waals surface area contributed by atoms with E-state index in [4.69, 9.17) is 9.84 Å². The first-order chi connectivity index (χ1) is 10.4. The van der Waals surface area contributed by atoms with Gasteiger partial charge in [0, 0.05) is 4.47 Å². The number of rotatable bonds is 5. The number of ether oxygens (including phenoxy) is 1. The monoisotopic (exact) mass is 362 g/mol. The molecule has 116 valence electrons. The number of carboxylic acid groups (broad SMARTS) is 1. The van der Waals surface area contributed by atoms with Crippen molar-refractivity contribution in [3.05, 3.63) is 62.6 Å². The molecule has 0 aliphatic carbocycles. The molecule has 0 bridgehead atoms. The molecule has 1 N–H and O–H groups in total. The largest absolute Gasteiger partial charge is 0.488 e. The number of hydrogen-bond acceptors (Lipinski definition) is 2. The minimum absolute atomic E-state index is 0.0469. The third-order valence-corrected chi connectivity index (χ3v) is 4.55. The summed E-state index contributed by atoms with van der Waals surface area (Å²) in [6.07, 6.45) is 0.0469. The molecule has 2 aromatic rings. The summed E-state index contributed by atoms with van der Waals surface area (Å²) in [7, 11) is 0. The first kappa shape index (κ1) is 16.6. The average molecular weight is 363 g/mol. The Labute approximate surface area is 139 Å². The van der Waals surface area contributed by atoms with Crippen LogP contribution >= 0.6 is 15.9 Å². The van der Waals surface area contributed by atoms with Gasteiger partial charge in [-0.2, -0.15) is 0 Å². The average Bonchev–Trinajstić information content (AvgIpc) is 2.46. The molecule has 0 aliphatic rings. The number of aliphatic carboxylic acids is 1. The van der Waals surface area contributed by atoms with Crippen molar-refractivity contribution in [2.75, 3.05) is 0 Å². The van der Waals surface area contributed by atoms with Crippen LogP contribution in [0.2, 0.25) is 0 Å². The maximum atomic E-state index is 10.7. The number of carbonyl (C=O) groups is 1. The van der Waals surface area contributed by atoms with Crippen LogP contribution in [0.4, 0.5) is 0 Å². The lowest BCUT2D eigenvalue weighted by atomic mass is 10.1. The van der Waals surface area contributed by atoms with Crippen molar-refractivity contribution in [1.82, 2.24) is 0 Å². The molecule has 22 heavy (non-hydrogen) atoms. The van der Waals surface area contributed by atoms with Crippen molar-refractivity contribution in [3.63, 3.8) is 0 Å². The fourth-order valence-corrected chi connectivity index (χ4v) is 2.96. The Balaban J connectivity index is 2.10. The fraction of sp³-hybridized carbons (Fsp3) is 0.278. The number of hydrogen-bond donors (Lipinski definition) is 1. The van der Waals surface area contributed by atoms with E-state index in [0.29, 0.717) is 6.61 Å². The second kappa shape index (κ2) is 6.97. The standard InChI is InChI=1S/C18H19BrO3/c1-11-8-16(19)12(2)13(3)18(11)22-10-15-6-4-14(5-7-15)9-17(20)21/h4-8H,9-10H2,1-3H3,(H,20,21). The van der Waals surface area contributed by atoms with Crippen molar-refractivity contribution in [3.8, 4) is 5.75 Å². The van der Waals surface area contributed by atoms with E-state index in [-0.39, 0.29) is 6.42 Å². The summed E-state index contributed by atoms with van der Waals surface area (Å²) in [6, 6.07) is 9.55.